The van der Waals surface area contributed by atoms with Crippen LogP contribution in [-0.4, -0.2) is 11.0 Å². The van der Waals surface area contributed by atoms with Crippen molar-refractivity contribution in [3.63, 3.8) is 0 Å². The van der Waals surface area contributed by atoms with Crippen molar-refractivity contribution >= 4 is 0 Å². The van der Waals surface area contributed by atoms with Gasteiger partial charge in [-0.15, -0.1) is 0 Å². The predicted molar refractivity (Wildman–Crippen MR) is 62.8 cm³/mol. The Morgan fingerprint density at radius 1 is 1.60 bits per heavy atom. The molecule has 15 heavy (non-hydrogen) atoms. The van der Waals surface area contributed by atoms with Gasteiger partial charge in [0.2, 0.25) is 0 Å². The van der Waals surface area contributed by atoms with E-state index >= 15 is 0 Å². The summed E-state index contributed by atoms with van der Waals surface area (Å²) in [4.78, 5) is 4.52. The van der Waals surface area contributed by atoms with E-state index in [1.807, 2.05) is 12.3 Å². The van der Waals surface area contributed by atoms with Crippen molar-refractivity contribution in [2.45, 2.75) is 51.0 Å². The van der Waals surface area contributed by atoms with E-state index in [0.29, 0.717) is 12.0 Å². The van der Waals surface area contributed by atoms with Gasteiger partial charge in [0, 0.05) is 23.9 Å². The van der Waals surface area contributed by atoms with Gasteiger partial charge in [0.05, 0.1) is 0 Å². The number of pyridine rings is 1. The van der Waals surface area contributed by atoms with Gasteiger partial charge in [-0.2, -0.15) is 0 Å². The van der Waals surface area contributed by atoms with Gasteiger partial charge in [0.1, 0.15) is 0 Å². The Morgan fingerprint density at radius 2 is 2.47 bits per heavy atom. The average molecular weight is 204 g/mol. The minimum absolute atomic E-state index is 0.295. The second-order valence-corrected chi connectivity index (χ2v) is 4.50. The largest absolute Gasteiger partial charge is 0.327 e. The number of hydrogen-bond acceptors (Lipinski definition) is 2. The first-order valence-electron chi connectivity index (χ1n) is 6.02. The summed E-state index contributed by atoms with van der Waals surface area (Å²) in [6.45, 7) is 2.20. The number of nitrogens with zero attached hydrogens (tertiary/aromatic N) is 1. The topological polar surface area (TPSA) is 38.9 Å². The molecule has 0 radical (unpaired) electrons. The third-order valence-corrected chi connectivity index (χ3v) is 3.38. The molecular weight excluding hydrogens is 184 g/mol. The Balaban J connectivity index is 2.21. The molecule has 0 bridgehead atoms. The summed E-state index contributed by atoms with van der Waals surface area (Å²) in [5.74, 6) is 0.495. The monoisotopic (exact) mass is 204 g/mol. The molecule has 0 fully saturated rings. The molecule has 0 amide bonds. The van der Waals surface area contributed by atoms with Crippen molar-refractivity contribution in [1.29, 1.82) is 0 Å². The fraction of sp³-hybridized carbons (Fsp3) is 0.615. The van der Waals surface area contributed by atoms with Crippen LogP contribution in [0, 0.1) is 0 Å². The van der Waals surface area contributed by atoms with Gasteiger partial charge in [-0.05, 0) is 37.3 Å². The molecule has 2 nitrogen and oxygen atoms in total. The molecule has 1 aromatic heterocycles. The second kappa shape index (κ2) is 4.75. The van der Waals surface area contributed by atoms with Gasteiger partial charge in [0.25, 0.3) is 0 Å². The van der Waals surface area contributed by atoms with Crippen molar-refractivity contribution in [1.82, 2.24) is 4.98 Å². The van der Waals surface area contributed by atoms with E-state index in [0.717, 1.165) is 6.42 Å². The second-order valence-electron chi connectivity index (χ2n) is 4.50. The fourth-order valence-electron chi connectivity index (χ4n) is 2.60. The number of nitrogens with two attached hydrogens (primary N) is 1. The van der Waals surface area contributed by atoms with Gasteiger partial charge in [-0.25, -0.2) is 0 Å². The Bertz CT molecular complexity index is 322. The van der Waals surface area contributed by atoms with Crippen LogP contribution in [0.15, 0.2) is 18.3 Å². The molecule has 82 valence electrons. The normalized spacial score (nSPS) is 22.1. The number of aryl methyl sites for hydroxylation is 1. The summed E-state index contributed by atoms with van der Waals surface area (Å²) in [5.41, 5.74) is 8.92. The van der Waals surface area contributed by atoms with E-state index in [1.165, 1.54) is 36.9 Å². The van der Waals surface area contributed by atoms with Crippen molar-refractivity contribution in [3.8, 4) is 0 Å². The molecule has 2 atom stereocenters. The lowest BCUT2D eigenvalue weighted by Crippen LogP contribution is -2.31. The Morgan fingerprint density at radius 3 is 3.27 bits per heavy atom. The molecule has 2 unspecified atom stereocenters. The maximum Gasteiger partial charge on any atom is 0.0481 e. The summed E-state index contributed by atoms with van der Waals surface area (Å²) in [6.07, 6.45) is 7.83. The minimum atomic E-state index is 0.295. The third kappa shape index (κ3) is 2.20. The summed E-state index contributed by atoms with van der Waals surface area (Å²) in [5, 5.41) is 0. The van der Waals surface area contributed by atoms with Gasteiger partial charge in [0.15, 0.2) is 0 Å². The fourth-order valence-corrected chi connectivity index (χ4v) is 2.60. The van der Waals surface area contributed by atoms with E-state index < -0.39 is 0 Å². The molecule has 0 aromatic carbocycles. The van der Waals surface area contributed by atoms with Gasteiger partial charge < -0.3 is 5.73 Å². The SMILES string of the molecule is CCCC(N)C1CCCc2cccnc21. The van der Waals surface area contributed by atoms with E-state index in [1.54, 1.807) is 0 Å². The van der Waals surface area contributed by atoms with E-state index in [-0.39, 0.29) is 0 Å². The van der Waals surface area contributed by atoms with Crippen LogP contribution < -0.4 is 5.73 Å². The molecule has 1 aliphatic carbocycles. The molecule has 1 heterocycles. The summed E-state index contributed by atoms with van der Waals surface area (Å²) >= 11 is 0. The maximum absolute atomic E-state index is 6.23. The van der Waals surface area contributed by atoms with Crippen molar-refractivity contribution in [3.05, 3.63) is 29.6 Å². The number of aromatic nitrogens is 1. The molecule has 0 spiro atoms. The smallest absolute Gasteiger partial charge is 0.0481 e. The molecule has 1 aliphatic rings. The summed E-state index contributed by atoms with van der Waals surface area (Å²) in [6, 6.07) is 4.53. The Labute approximate surface area is 91.9 Å². The average Bonchev–Trinajstić information content (AvgIpc) is 2.28. The van der Waals surface area contributed by atoms with Crippen LogP contribution in [0.5, 0.6) is 0 Å². The molecular formula is C13H20N2. The molecule has 0 saturated carbocycles. The summed E-state index contributed by atoms with van der Waals surface area (Å²) < 4.78 is 0. The van der Waals surface area contributed by atoms with Crippen molar-refractivity contribution < 1.29 is 0 Å². The standard InChI is InChI=1S/C13H20N2/c1-2-5-12(14)11-8-3-6-10-7-4-9-15-13(10)11/h4,7,9,11-12H,2-3,5-6,8,14H2,1H3. The first-order valence-corrected chi connectivity index (χ1v) is 6.02. The van der Waals surface area contributed by atoms with Gasteiger partial charge in [-0.3, -0.25) is 4.98 Å². The van der Waals surface area contributed by atoms with Crippen LogP contribution in [0.1, 0.15) is 49.8 Å². The highest BCUT2D eigenvalue weighted by Crippen LogP contribution is 2.32. The molecule has 2 N–H and O–H groups in total. The van der Waals surface area contributed by atoms with Crippen molar-refractivity contribution in [2.24, 2.45) is 5.73 Å². The zero-order valence-electron chi connectivity index (χ0n) is 9.45. The van der Waals surface area contributed by atoms with Gasteiger partial charge >= 0.3 is 0 Å². The molecule has 2 rings (SSSR count). The van der Waals surface area contributed by atoms with Crippen LogP contribution in [0.3, 0.4) is 0 Å². The highest BCUT2D eigenvalue weighted by atomic mass is 14.7. The number of hydrogen-bond donors (Lipinski definition) is 1. The third-order valence-electron chi connectivity index (χ3n) is 3.38. The molecule has 0 aliphatic heterocycles. The first kappa shape index (κ1) is 10.6. The predicted octanol–water partition coefficient (Wildman–Crippen LogP) is 2.63. The number of rotatable bonds is 3. The zero-order chi connectivity index (χ0) is 10.7. The minimum Gasteiger partial charge on any atom is -0.327 e. The van der Waals surface area contributed by atoms with Gasteiger partial charge in [-0.1, -0.05) is 19.4 Å². The van der Waals surface area contributed by atoms with Crippen LogP contribution in [0.2, 0.25) is 0 Å². The van der Waals surface area contributed by atoms with Crippen LogP contribution >= 0.6 is 0 Å². The quantitative estimate of drug-likeness (QED) is 0.822. The van der Waals surface area contributed by atoms with E-state index in [4.69, 9.17) is 5.73 Å². The molecule has 0 saturated heterocycles. The van der Waals surface area contributed by atoms with Crippen LogP contribution in [-0.2, 0) is 6.42 Å². The molecule has 1 aromatic rings. The Kier molecular flexibility index (Phi) is 3.37. The zero-order valence-corrected chi connectivity index (χ0v) is 9.45. The first-order chi connectivity index (χ1) is 7.33. The lowest BCUT2D eigenvalue weighted by atomic mass is 9.81. The highest BCUT2D eigenvalue weighted by molar-refractivity contribution is 5.27. The van der Waals surface area contributed by atoms with E-state index in [9.17, 15) is 0 Å². The molecule has 2 heteroatoms. The summed E-state index contributed by atoms with van der Waals surface area (Å²) in [7, 11) is 0. The lowest BCUT2D eigenvalue weighted by molar-refractivity contribution is 0.429. The van der Waals surface area contributed by atoms with Crippen molar-refractivity contribution in [2.75, 3.05) is 0 Å². The van der Waals surface area contributed by atoms with Crippen LogP contribution in [0.4, 0.5) is 0 Å². The number of fused-ring (bicyclic) bond motifs is 1. The lowest BCUT2D eigenvalue weighted by Gasteiger charge is -2.28. The van der Waals surface area contributed by atoms with E-state index in [2.05, 4.69) is 18.0 Å². The van der Waals surface area contributed by atoms with Crippen LogP contribution in [0.25, 0.3) is 0 Å². The Hall–Kier alpha value is -0.890. The maximum atomic E-state index is 6.23. The highest BCUT2D eigenvalue weighted by Gasteiger charge is 2.25.